The predicted octanol–water partition coefficient (Wildman–Crippen LogP) is 3.33. The number of nitrogens with one attached hydrogen (secondary N) is 1. The molecule has 1 aromatic carbocycles. The molecule has 0 aliphatic rings. The van der Waals surface area contributed by atoms with E-state index < -0.39 is 0 Å². The van der Waals surface area contributed by atoms with Crippen LogP contribution in [0.5, 0.6) is 0 Å². The summed E-state index contributed by atoms with van der Waals surface area (Å²) in [5.74, 6) is 0.689. The zero-order valence-corrected chi connectivity index (χ0v) is 10.8. The van der Waals surface area contributed by atoms with Gasteiger partial charge in [-0.3, -0.25) is 0 Å². The largest absolute Gasteiger partial charge is 0.397 e. The zero-order chi connectivity index (χ0) is 10.6. The van der Waals surface area contributed by atoms with Crippen molar-refractivity contribution >= 4 is 34.0 Å². The Kier molecular flexibility index (Phi) is 4.51. The molecule has 0 heterocycles. The molecule has 1 rings (SSSR count). The topological polar surface area (TPSA) is 38.0 Å². The summed E-state index contributed by atoms with van der Waals surface area (Å²) in [6.07, 6.45) is 1.19. The lowest BCUT2D eigenvalue weighted by Gasteiger charge is -2.13. The van der Waals surface area contributed by atoms with Crippen molar-refractivity contribution in [2.24, 2.45) is 5.92 Å². The Hall–Kier alpha value is -0.450. The third kappa shape index (κ3) is 3.36. The molecule has 3 heteroatoms. The molecule has 1 unspecified atom stereocenters. The molecule has 0 amide bonds. The van der Waals surface area contributed by atoms with Crippen LogP contribution in [0.3, 0.4) is 0 Å². The Morgan fingerprint density at radius 1 is 1.50 bits per heavy atom. The highest BCUT2D eigenvalue weighted by molar-refractivity contribution is 14.1. The highest BCUT2D eigenvalue weighted by Crippen LogP contribution is 2.21. The molecule has 0 fully saturated rings. The Morgan fingerprint density at radius 2 is 2.21 bits per heavy atom. The van der Waals surface area contributed by atoms with E-state index in [0.717, 1.165) is 17.9 Å². The highest BCUT2D eigenvalue weighted by Gasteiger charge is 2.01. The van der Waals surface area contributed by atoms with Gasteiger partial charge >= 0.3 is 0 Å². The normalized spacial score (nSPS) is 12.5. The smallest absolute Gasteiger partial charge is 0.0574 e. The zero-order valence-electron chi connectivity index (χ0n) is 8.68. The lowest BCUT2D eigenvalue weighted by atomic mass is 10.1. The minimum absolute atomic E-state index is 0.689. The van der Waals surface area contributed by atoms with Crippen molar-refractivity contribution in [2.45, 2.75) is 20.3 Å². The van der Waals surface area contributed by atoms with Crippen LogP contribution in [0.4, 0.5) is 11.4 Å². The van der Waals surface area contributed by atoms with Crippen molar-refractivity contribution in [3.63, 3.8) is 0 Å². The third-order valence-corrected chi connectivity index (χ3v) is 3.02. The molecule has 2 nitrogen and oxygen atoms in total. The van der Waals surface area contributed by atoms with Gasteiger partial charge in [0.2, 0.25) is 0 Å². The van der Waals surface area contributed by atoms with Gasteiger partial charge in [-0.05, 0) is 46.7 Å². The number of benzene rings is 1. The highest BCUT2D eigenvalue weighted by atomic mass is 127. The molecule has 1 aromatic rings. The monoisotopic (exact) mass is 304 g/mol. The molecular weight excluding hydrogens is 287 g/mol. The molecule has 3 N–H and O–H groups in total. The second-order valence-electron chi connectivity index (χ2n) is 3.63. The van der Waals surface area contributed by atoms with E-state index in [-0.39, 0.29) is 0 Å². The molecule has 14 heavy (non-hydrogen) atoms. The Morgan fingerprint density at radius 3 is 2.79 bits per heavy atom. The minimum atomic E-state index is 0.689. The van der Waals surface area contributed by atoms with Crippen LogP contribution in [0.2, 0.25) is 0 Å². The van der Waals surface area contributed by atoms with Gasteiger partial charge in [0.1, 0.15) is 0 Å². The second kappa shape index (κ2) is 5.44. The fraction of sp³-hybridized carbons (Fsp3) is 0.455. The molecule has 0 aromatic heterocycles. The van der Waals surface area contributed by atoms with Crippen LogP contribution in [0.1, 0.15) is 20.3 Å². The summed E-state index contributed by atoms with van der Waals surface area (Å²) < 4.78 is 1.18. The average molecular weight is 304 g/mol. The fourth-order valence-electron chi connectivity index (χ4n) is 1.12. The number of rotatable bonds is 4. The Balaban J connectivity index is 2.59. The number of halogens is 1. The van der Waals surface area contributed by atoms with Crippen molar-refractivity contribution in [1.82, 2.24) is 0 Å². The number of hydrogen-bond acceptors (Lipinski definition) is 2. The number of anilines is 2. The summed E-state index contributed by atoms with van der Waals surface area (Å²) in [6.45, 7) is 5.42. The van der Waals surface area contributed by atoms with Gasteiger partial charge in [-0.15, -0.1) is 0 Å². The molecule has 0 saturated heterocycles. The first-order chi connectivity index (χ1) is 6.63. The molecule has 0 aliphatic carbocycles. The summed E-state index contributed by atoms with van der Waals surface area (Å²) in [7, 11) is 0. The standard InChI is InChI=1S/C11H17IN2/c1-3-8(2)7-14-11-5-4-9(12)6-10(11)13/h4-6,8,14H,3,7,13H2,1-2H3. The maximum Gasteiger partial charge on any atom is 0.0574 e. The van der Waals surface area contributed by atoms with E-state index >= 15 is 0 Å². The number of nitrogen functional groups attached to an aromatic ring is 1. The van der Waals surface area contributed by atoms with Crippen LogP contribution in [0, 0.1) is 9.49 Å². The molecule has 0 spiro atoms. The van der Waals surface area contributed by atoms with Gasteiger partial charge in [-0.2, -0.15) is 0 Å². The molecule has 78 valence electrons. The van der Waals surface area contributed by atoms with Gasteiger partial charge in [0.05, 0.1) is 11.4 Å². The first kappa shape index (κ1) is 11.6. The molecule has 1 atom stereocenters. The quantitative estimate of drug-likeness (QED) is 0.661. The van der Waals surface area contributed by atoms with Crippen molar-refractivity contribution in [3.05, 3.63) is 21.8 Å². The fourth-order valence-corrected chi connectivity index (χ4v) is 1.64. The van der Waals surface area contributed by atoms with Crippen LogP contribution >= 0.6 is 22.6 Å². The van der Waals surface area contributed by atoms with E-state index in [0.29, 0.717) is 5.92 Å². The first-order valence-electron chi connectivity index (χ1n) is 4.92. The van der Waals surface area contributed by atoms with E-state index in [4.69, 9.17) is 5.73 Å². The van der Waals surface area contributed by atoms with E-state index in [1.165, 1.54) is 9.99 Å². The molecular formula is C11H17IN2. The molecule has 0 radical (unpaired) electrons. The van der Waals surface area contributed by atoms with E-state index in [1.807, 2.05) is 12.1 Å². The summed E-state index contributed by atoms with van der Waals surface area (Å²) in [6, 6.07) is 6.09. The predicted molar refractivity (Wildman–Crippen MR) is 71.5 cm³/mol. The number of nitrogens with two attached hydrogens (primary N) is 1. The minimum Gasteiger partial charge on any atom is -0.397 e. The van der Waals surface area contributed by atoms with Crippen LogP contribution in [-0.2, 0) is 0 Å². The maximum absolute atomic E-state index is 5.88. The Labute approximate surface area is 99.4 Å². The van der Waals surface area contributed by atoms with Gasteiger partial charge in [-0.25, -0.2) is 0 Å². The van der Waals surface area contributed by atoms with Gasteiger partial charge < -0.3 is 11.1 Å². The van der Waals surface area contributed by atoms with Crippen LogP contribution in [0.25, 0.3) is 0 Å². The number of hydrogen-bond donors (Lipinski definition) is 2. The second-order valence-corrected chi connectivity index (χ2v) is 4.87. The maximum atomic E-state index is 5.88. The molecule has 0 aliphatic heterocycles. The molecule has 0 saturated carbocycles. The summed E-state index contributed by atoms with van der Waals surface area (Å²) >= 11 is 2.26. The van der Waals surface area contributed by atoms with Crippen molar-refractivity contribution in [1.29, 1.82) is 0 Å². The lowest BCUT2D eigenvalue weighted by molar-refractivity contribution is 0.593. The van der Waals surface area contributed by atoms with Crippen molar-refractivity contribution in [2.75, 3.05) is 17.6 Å². The lowest BCUT2D eigenvalue weighted by Crippen LogP contribution is -2.11. The third-order valence-electron chi connectivity index (χ3n) is 2.35. The summed E-state index contributed by atoms with van der Waals surface area (Å²) in [5, 5.41) is 3.36. The van der Waals surface area contributed by atoms with E-state index in [2.05, 4.69) is 47.8 Å². The van der Waals surface area contributed by atoms with Crippen LogP contribution in [0.15, 0.2) is 18.2 Å². The van der Waals surface area contributed by atoms with Crippen molar-refractivity contribution < 1.29 is 0 Å². The average Bonchev–Trinajstić information content (AvgIpc) is 2.16. The summed E-state index contributed by atoms with van der Waals surface area (Å²) in [4.78, 5) is 0. The molecule has 0 bridgehead atoms. The van der Waals surface area contributed by atoms with Crippen molar-refractivity contribution in [3.8, 4) is 0 Å². The first-order valence-corrected chi connectivity index (χ1v) is 6.00. The van der Waals surface area contributed by atoms with Crippen LogP contribution < -0.4 is 11.1 Å². The Bertz CT molecular complexity index is 299. The van der Waals surface area contributed by atoms with Gasteiger partial charge in [0.15, 0.2) is 0 Å². The summed E-state index contributed by atoms with van der Waals surface area (Å²) in [5.41, 5.74) is 7.76. The SMILES string of the molecule is CCC(C)CNc1ccc(I)cc1N. The van der Waals surface area contributed by atoms with Gasteiger partial charge in [0.25, 0.3) is 0 Å². The van der Waals surface area contributed by atoms with E-state index in [9.17, 15) is 0 Å². The van der Waals surface area contributed by atoms with E-state index in [1.54, 1.807) is 0 Å². The van der Waals surface area contributed by atoms with Crippen LogP contribution in [-0.4, -0.2) is 6.54 Å². The van der Waals surface area contributed by atoms with Gasteiger partial charge in [0, 0.05) is 10.1 Å². The van der Waals surface area contributed by atoms with Gasteiger partial charge in [-0.1, -0.05) is 20.3 Å².